The summed E-state index contributed by atoms with van der Waals surface area (Å²) in [5.74, 6) is -0.310. The molecule has 0 radical (unpaired) electrons. The Morgan fingerprint density at radius 3 is 2.74 bits per heavy atom. The number of hydrogen-bond donors (Lipinski definition) is 1. The molecule has 10 heteroatoms. The second kappa shape index (κ2) is 11.7. The van der Waals surface area contributed by atoms with E-state index in [9.17, 15) is 9.18 Å². The van der Waals surface area contributed by atoms with Gasteiger partial charge in [0.15, 0.2) is 11.5 Å². The Morgan fingerprint density at radius 1 is 1.24 bits per heavy atom. The van der Waals surface area contributed by atoms with Crippen molar-refractivity contribution in [2.75, 3.05) is 13.1 Å². The molecule has 2 fully saturated rings. The topological polar surface area (TPSA) is 86.1 Å². The molecule has 222 valence electrons. The number of halogens is 2. The maximum atomic E-state index is 14.8. The minimum absolute atomic E-state index is 0.00240. The van der Waals surface area contributed by atoms with E-state index in [0.29, 0.717) is 41.3 Å². The summed E-state index contributed by atoms with van der Waals surface area (Å²) in [4.78, 5) is 18.2. The van der Waals surface area contributed by atoms with Crippen molar-refractivity contribution >= 4 is 23.6 Å². The summed E-state index contributed by atoms with van der Waals surface area (Å²) in [5.41, 5.74) is 2.12. The fourth-order valence-electron chi connectivity index (χ4n) is 5.93. The molecular weight excluding hydrogens is 561 g/mol. The Balaban J connectivity index is 1.13. The summed E-state index contributed by atoms with van der Waals surface area (Å²) in [6.07, 6.45) is 8.84. The Hall–Kier alpha value is -3.40. The maximum Gasteiger partial charge on any atom is 0.328 e. The van der Waals surface area contributed by atoms with Gasteiger partial charge in [0.05, 0.1) is 42.8 Å². The zero-order chi connectivity index (χ0) is 29.4. The second-order valence-electron chi connectivity index (χ2n) is 11.5. The van der Waals surface area contributed by atoms with Crippen molar-refractivity contribution in [3.63, 3.8) is 0 Å². The monoisotopic (exact) mass is 595 g/mol. The van der Waals surface area contributed by atoms with E-state index in [1.165, 1.54) is 6.07 Å². The summed E-state index contributed by atoms with van der Waals surface area (Å²) in [6.45, 7) is 6.77. The highest BCUT2D eigenvalue weighted by Crippen LogP contribution is 2.49. The summed E-state index contributed by atoms with van der Waals surface area (Å²) in [6, 6.07) is 10.4. The van der Waals surface area contributed by atoms with Gasteiger partial charge in [0.25, 0.3) is 5.79 Å². The maximum absolute atomic E-state index is 14.8. The molecule has 2 aromatic carbocycles. The number of piperidine rings is 1. The van der Waals surface area contributed by atoms with E-state index in [1.54, 1.807) is 31.3 Å². The highest BCUT2D eigenvalue weighted by atomic mass is 35.5. The molecule has 3 aromatic rings. The average molecular weight is 596 g/mol. The van der Waals surface area contributed by atoms with Gasteiger partial charge in [-0.15, -0.1) is 0 Å². The normalized spacial score (nSPS) is 21.7. The third-order valence-corrected chi connectivity index (χ3v) is 8.41. The first kappa shape index (κ1) is 28.7. The molecule has 0 amide bonds. The van der Waals surface area contributed by atoms with Crippen LogP contribution in [0.2, 0.25) is 5.02 Å². The number of hydrogen-bond acceptors (Lipinski definition) is 6. The van der Waals surface area contributed by atoms with Crippen molar-refractivity contribution < 1.29 is 28.5 Å². The van der Waals surface area contributed by atoms with Gasteiger partial charge in [0.2, 0.25) is 0 Å². The van der Waals surface area contributed by atoms with E-state index in [0.717, 1.165) is 61.9 Å². The van der Waals surface area contributed by atoms with Crippen molar-refractivity contribution in [3.8, 4) is 11.5 Å². The molecule has 42 heavy (non-hydrogen) atoms. The van der Waals surface area contributed by atoms with Crippen molar-refractivity contribution in [3.05, 3.63) is 82.2 Å². The largest absolute Gasteiger partial charge is 0.478 e. The van der Waals surface area contributed by atoms with Crippen LogP contribution in [-0.2, 0) is 28.4 Å². The fourth-order valence-corrected chi connectivity index (χ4v) is 6.09. The number of imidazole rings is 1. The van der Waals surface area contributed by atoms with Gasteiger partial charge < -0.3 is 23.9 Å². The Labute approximate surface area is 249 Å². The van der Waals surface area contributed by atoms with Crippen LogP contribution in [0.4, 0.5) is 4.39 Å². The number of ether oxygens (including phenoxy) is 3. The standard InChI is InChI=1S/C32H35ClFN3O5/c1-20(40-24-8-9-24)18-37-23(7-11-30(38)39)17-35-29(37)19-36-14-12-21(13-15-36)25-4-3-5-28-31(25)42-32(2,41-28)26-10-6-22(33)16-27(26)34/h3-7,10-11,16-17,20-21,24H,8-9,12-15,18-19H2,1-2H3,(H,38,39)/b11-7+/t20-,32+/m1/s1. The van der Waals surface area contributed by atoms with Crippen LogP contribution in [0.3, 0.4) is 0 Å². The number of carboxylic acid groups (broad SMARTS) is 1. The molecule has 3 heterocycles. The highest BCUT2D eigenvalue weighted by Gasteiger charge is 2.43. The van der Waals surface area contributed by atoms with Gasteiger partial charge in [0, 0.05) is 23.6 Å². The highest BCUT2D eigenvalue weighted by molar-refractivity contribution is 6.30. The van der Waals surface area contributed by atoms with E-state index in [4.69, 9.17) is 30.9 Å². The minimum atomic E-state index is -1.28. The number of para-hydroxylation sites is 1. The van der Waals surface area contributed by atoms with Crippen LogP contribution in [0.1, 0.15) is 68.1 Å². The van der Waals surface area contributed by atoms with Crippen LogP contribution >= 0.6 is 11.6 Å². The lowest BCUT2D eigenvalue weighted by atomic mass is 9.88. The van der Waals surface area contributed by atoms with Gasteiger partial charge in [-0.2, -0.15) is 0 Å². The fraction of sp³-hybridized carbons (Fsp3) is 0.438. The summed E-state index contributed by atoms with van der Waals surface area (Å²) < 4.78 is 35.4. The van der Waals surface area contributed by atoms with Crippen LogP contribution in [0.15, 0.2) is 48.7 Å². The van der Waals surface area contributed by atoms with Gasteiger partial charge in [-0.1, -0.05) is 23.7 Å². The van der Waals surface area contributed by atoms with E-state index in [1.807, 2.05) is 12.1 Å². The summed E-state index contributed by atoms with van der Waals surface area (Å²) in [7, 11) is 0. The van der Waals surface area contributed by atoms with E-state index in [-0.39, 0.29) is 12.0 Å². The SMILES string of the molecule is C[C@H](Cn1c(/C=C/C(=O)O)cnc1CN1CCC(c2cccc3c2O[C@@](C)(c2ccc(Cl)cc2F)O3)CC1)OC1CC1. The Morgan fingerprint density at radius 2 is 2.02 bits per heavy atom. The molecule has 1 aromatic heterocycles. The molecular formula is C32H35ClFN3O5. The minimum Gasteiger partial charge on any atom is -0.478 e. The molecule has 0 spiro atoms. The molecule has 8 nitrogen and oxygen atoms in total. The number of fused-ring (bicyclic) bond motifs is 1. The van der Waals surface area contributed by atoms with Crippen LogP contribution in [0.25, 0.3) is 6.08 Å². The van der Waals surface area contributed by atoms with E-state index < -0.39 is 17.6 Å². The summed E-state index contributed by atoms with van der Waals surface area (Å²) in [5, 5.41) is 9.46. The number of carbonyl (C=O) groups is 1. The van der Waals surface area contributed by atoms with Gasteiger partial charge >= 0.3 is 5.97 Å². The van der Waals surface area contributed by atoms with Crippen LogP contribution in [-0.4, -0.2) is 50.8 Å². The predicted octanol–water partition coefficient (Wildman–Crippen LogP) is 6.36. The lowest BCUT2D eigenvalue weighted by Crippen LogP contribution is -2.34. The van der Waals surface area contributed by atoms with Crippen LogP contribution in [0, 0.1) is 5.82 Å². The van der Waals surface area contributed by atoms with Gasteiger partial charge in [-0.05, 0) is 82.0 Å². The van der Waals surface area contributed by atoms with E-state index in [2.05, 4.69) is 27.4 Å². The van der Waals surface area contributed by atoms with Crippen LogP contribution in [0.5, 0.6) is 11.5 Å². The van der Waals surface area contributed by atoms with Crippen molar-refractivity contribution in [2.45, 2.75) is 76.5 Å². The molecule has 2 atom stereocenters. The molecule has 2 aliphatic heterocycles. The lowest BCUT2D eigenvalue weighted by Gasteiger charge is -2.32. The zero-order valence-electron chi connectivity index (χ0n) is 23.8. The number of benzene rings is 2. The lowest BCUT2D eigenvalue weighted by molar-refractivity contribution is -0.131. The molecule has 1 N–H and O–H groups in total. The predicted molar refractivity (Wildman–Crippen MR) is 156 cm³/mol. The molecule has 1 aliphatic carbocycles. The van der Waals surface area contributed by atoms with Gasteiger partial charge in [-0.3, -0.25) is 4.90 Å². The Kier molecular flexibility index (Phi) is 8.00. The van der Waals surface area contributed by atoms with Gasteiger partial charge in [0.1, 0.15) is 11.6 Å². The van der Waals surface area contributed by atoms with Crippen molar-refractivity contribution in [1.29, 1.82) is 0 Å². The molecule has 0 bridgehead atoms. The number of likely N-dealkylation sites (tertiary alicyclic amines) is 1. The van der Waals surface area contributed by atoms with Crippen LogP contribution < -0.4 is 9.47 Å². The molecule has 1 saturated carbocycles. The quantitative estimate of drug-likeness (QED) is 0.273. The van der Waals surface area contributed by atoms with E-state index >= 15 is 0 Å². The Bertz CT molecular complexity index is 1500. The smallest absolute Gasteiger partial charge is 0.328 e. The molecule has 6 rings (SSSR count). The second-order valence-corrected chi connectivity index (χ2v) is 12.0. The van der Waals surface area contributed by atoms with Gasteiger partial charge in [-0.25, -0.2) is 14.2 Å². The number of carboxylic acids is 1. The average Bonchev–Trinajstić information content (AvgIpc) is 3.57. The zero-order valence-corrected chi connectivity index (χ0v) is 24.5. The number of aromatic nitrogens is 2. The number of aliphatic carboxylic acids is 1. The third-order valence-electron chi connectivity index (χ3n) is 8.18. The molecule has 1 saturated heterocycles. The van der Waals surface area contributed by atoms with Crippen molar-refractivity contribution in [1.82, 2.24) is 14.5 Å². The summed E-state index contributed by atoms with van der Waals surface area (Å²) >= 11 is 5.96. The first-order valence-corrected chi connectivity index (χ1v) is 14.9. The van der Waals surface area contributed by atoms with Crippen molar-refractivity contribution in [2.24, 2.45) is 0 Å². The molecule has 0 unspecified atom stereocenters. The first-order chi connectivity index (χ1) is 20.2. The molecule has 3 aliphatic rings. The number of nitrogens with zero attached hydrogens (tertiary/aromatic N) is 3. The number of rotatable bonds is 10. The third kappa shape index (κ3) is 6.19. The first-order valence-electron chi connectivity index (χ1n) is 14.5.